The van der Waals surface area contributed by atoms with Gasteiger partial charge in [0, 0.05) is 18.9 Å². The molecule has 0 aliphatic rings. The van der Waals surface area contributed by atoms with Gasteiger partial charge in [-0.15, -0.1) is 0 Å². The molecule has 0 spiro atoms. The standard InChI is InChI=1S/C13H16N2/c1-2-3-12-4-6-13(7-5-12)10-15-9-8-14-11-15/h4-9,11H,2-3,10H2,1H3. The number of benzene rings is 1. The predicted octanol–water partition coefficient (Wildman–Crippen LogP) is 2.88. The van der Waals surface area contributed by atoms with Crippen molar-refractivity contribution in [3.8, 4) is 0 Å². The zero-order valence-corrected chi connectivity index (χ0v) is 9.06. The number of aryl methyl sites for hydroxylation is 1. The van der Waals surface area contributed by atoms with Gasteiger partial charge in [0.1, 0.15) is 0 Å². The van der Waals surface area contributed by atoms with Crippen LogP contribution in [0.3, 0.4) is 0 Å². The molecule has 1 aromatic carbocycles. The molecule has 0 amide bonds. The minimum atomic E-state index is 0.909. The van der Waals surface area contributed by atoms with Gasteiger partial charge in [-0.25, -0.2) is 4.98 Å². The van der Waals surface area contributed by atoms with Crippen molar-refractivity contribution in [1.29, 1.82) is 0 Å². The molecule has 2 nitrogen and oxygen atoms in total. The molecule has 15 heavy (non-hydrogen) atoms. The summed E-state index contributed by atoms with van der Waals surface area (Å²) in [4.78, 5) is 4.03. The molecule has 0 saturated carbocycles. The SMILES string of the molecule is CCCc1ccc(Cn2ccnc2)cc1. The van der Waals surface area contributed by atoms with Crippen LogP contribution in [0.5, 0.6) is 0 Å². The third kappa shape index (κ3) is 2.69. The molecule has 78 valence electrons. The Morgan fingerprint density at radius 2 is 1.87 bits per heavy atom. The van der Waals surface area contributed by atoms with Crippen LogP contribution in [0.15, 0.2) is 43.0 Å². The van der Waals surface area contributed by atoms with E-state index in [0.29, 0.717) is 0 Å². The van der Waals surface area contributed by atoms with Gasteiger partial charge in [-0.2, -0.15) is 0 Å². The third-order valence-corrected chi connectivity index (χ3v) is 2.49. The summed E-state index contributed by atoms with van der Waals surface area (Å²) < 4.78 is 2.08. The summed E-state index contributed by atoms with van der Waals surface area (Å²) in [6.45, 7) is 3.12. The molecule has 0 fully saturated rings. The second-order valence-electron chi connectivity index (χ2n) is 3.80. The van der Waals surface area contributed by atoms with Crippen LogP contribution in [0.4, 0.5) is 0 Å². The zero-order chi connectivity index (χ0) is 10.5. The Hall–Kier alpha value is -1.57. The molecule has 0 aliphatic carbocycles. The molecular weight excluding hydrogens is 184 g/mol. The summed E-state index contributed by atoms with van der Waals surface area (Å²) in [5.74, 6) is 0. The van der Waals surface area contributed by atoms with E-state index in [0.717, 1.165) is 6.54 Å². The van der Waals surface area contributed by atoms with Crippen LogP contribution >= 0.6 is 0 Å². The highest BCUT2D eigenvalue weighted by Crippen LogP contribution is 2.07. The van der Waals surface area contributed by atoms with Crippen molar-refractivity contribution < 1.29 is 0 Å². The minimum absolute atomic E-state index is 0.909. The maximum Gasteiger partial charge on any atom is 0.0949 e. The summed E-state index contributed by atoms with van der Waals surface area (Å²) in [6, 6.07) is 8.83. The Morgan fingerprint density at radius 3 is 2.47 bits per heavy atom. The van der Waals surface area contributed by atoms with Crippen LogP contribution in [0.25, 0.3) is 0 Å². The lowest BCUT2D eigenvalue weighted by Crippen LogP contribution is -1.96. The van der Waals surface area contributed by atoms with Crippen LogP contribution in [0.2, 0.25) is 0 Å². The van der Waals surface area contributed by atoms with Crippen molar-refractivity contribution in [2.75, 3.05) is 0 Å². The number of aromatic nitrogens is 2. The third-order valence-electron chi connectivity index (χ3n) is 2.49. The Kier molecular flexibility index (Phi) is 3.18. The van der Waals surface area contributed by atoms with Gasteiger partial charge in [-0.3, -0.25) is 0 Å². The zero-order valence-electron chi connectivity index (χ0n) is 9.06. The molecule has 1 heterocycles. The van der Waals surface area contributed by atoms with Gasteiger partial charge in [0.15, 0.2) is 0 Å². The first-order chi connectivity index (χ1) is 7.38. The average Bonchev–Trinajstić information content (AvgIpc) is 2.74. The molecule has 0 atom stereocenters. The van der Waals surface area contributed by atoms with Crippen LogP contribution in [-0.2, 0) is 13.0 Å². The number of nitrogens with zero attached hydrogens (tertiary/aromatic N) is 2. The molecule has 0 bridgehead atoms. The van der Waals surface area contributed by atoms with Crippen molar-refractivity contribution in [3.05, 3.63) is 54.1 Å². The number of imidazole rings is 1. The van der Waals surface area contributed by atoms with Gasteiger partial charge in [0.2, 0.25) is 0 Å². The lowest BCUT2D eigenvalue weighted by Gasteiger charge is -2.04. The summed E-state index contributed by atoms with van der Waals surface area (Å²) >= 11 is 0. The molecule has 0 saturated heterocycles. The highest BCUT2D eigenvalue weighted by molar-refractivity contribution is 5.22. The van der Waals surface area contributed by atoms with Gasteiger partial charge >= 0.3 is 0 Å². The molecule has 2 aromatic rings. The van der Waals surface area contributed by atoms with E-state index in [2.05, 4.69) is 40.7 Å². The maximum absolute atomic E-state index is 4.03. The first-order valence-corrected chi connectivity index (χ1v) is 5.42. The van der Waals surface area contributed by atoms with Gasteiger partial charge in [0.25, 0.3) is 0 Å². The van der Waals surface area contributed by atoms with E-state index >= 15 is 0 Å². The Labute approximate surface area is 90.6 Å². The fourth-order valence-electron chi connectivity index (χ4n) is 1.69. The first kappa shape index (κ1) is 9.97. The van der Waals surface area contributed by atoms with E-state index in [1.807, 2.05) is 18.7 Å². The second-order valence-corrected chi connectivity index (χ2v) is 3.80. The first-order valence-electron chi connectivity index (χ1n) is 5.42. The van der Waals surface area contributed by atoms with Crippen molar-refractivity contribution in [3.63, 3.8) is 0 Å². The van der Waals surface area contributed by atoms with Gasteiger partial charge < -0.3 is 4.57 Å². The fraction of sp³-hybridized carbons (Fsp3) is 0.308. The smallest absolute Gasteiger partial charge is 0.0949 e. The summed E-state index contributed by atoms with van der Waals surface area (Å²) in [5, 5.41) is 0. The Bertz CT molecular complexity index is 387. The Balaban J connectivity index is 2.04. The van der Waals surface area contributed by atoms with Crippen molar-refractivity contribution in [1.82, 2.24) is 9.55 Å². The fourth-order valence-corrected chi connectivity index (χ4v) is 1.69. The van der Waals surface area contributed by atoms with E-state index in [1.165, 1.54) is 24.0 Å². The van der Waals surface area contributed by atoms with E-state index < -0.39 is 0 Å². The molecule has 2 rings (SSSR count). The normalized spacial score (nSPS) is 10.5. The monoisotopic (exact) mass is 200 g/mol. The second kappa shape index (κ2) is 4.78. The molecule has 0 N–H and O–H groups in total. The molecule has 2 heteroatoms. The summed E-state index contributed by atoms with van der Waals surface area (Å²) in [7, 11) is 0. The Morgan fingerprint density at radius 1 is 1.13 bits per heavy atom. The van der Waals surface area contributed by atoms with Gasteiger partial charge in [-0.1, -0.05) is 37.6 Å². The van der Waals surface area contributed by atoms with Gasteiger partial charge in [0.05, 0.1) is 6.33 Å². The summed E-state index contributed by atoms with van der Waals surface area (Å²) in [6.07, 6.45) is 8.03. The van der Waals surface area contributed by atoms with E-state index in [9.17, 15) is 0 Å². The molecule has 1 aromatic heterocycles. The average molecular weight is 200 g/mol. The predicted molar refractivity (Wildman–Crippen MR) is 61.8 cm³/mol. The number of rotatable bonds is 4. The van der Waals surface area contributed by atoms with E-state index in [1.54, 1.807) is 0 Å². The van der Waals surface area contributed by atoms with Crippen molar-refractivity contribution in [2.24, 2.45) is 0 Å². The molecule has 0 unspecified atom stereocenters. The highest BCUT2D eigenvalue weighted by Gasteiger charge is 1.95. The molecule has 0 aliphatic heterocycles. The van der Waals surface area contributed by atoms with Crippen molar-refractivity contribution in [2.45, 2.75) is 26.3 Å². The van der Waals surface area contributed by atoms with Gasteiger partial charge in [-0.05, 0) is 17.5 Å². The molecular formula is C13H16N2. The van der Waals surface area contributed by atoms with Crippen LogP contribution in [0, 0.1) is 0 Å². The lowest BCUT2D eigenvalue weighted by molar-refractivity contribution is 0.796. The summed E-state index contributed by atoms with van der Waals surface area (Å²) in [5.41, 5.74) is 2.75. The van der Waals surface area contributed by atoms with Crippen LogP contribution < -0.4 is 0 Å². The lowest BCUT2D eigenvalue weighted by atomic mass is 10.1. The molecule has 0 radical (unpaired) electrons. The topological polar surface area (TPSA) is 17.8 Å². The van der Waals surface area contributed by atoms with E-state index in [-0.39, 0.29) is 0 Å². The quantitative estimate of drug-likeness (QED) is 0.742. The number of hydrogen-bond acceptors (Lipinski definition) is 1. The number of hydrogen-bond donors (Lipinski definition) is 0. The van der Waals surface area contributed by atoms with Crippen molar-refractivity contribution >= 4 is 0 Å². The van der Waals surface area contributed by atoms with Crippen LogP contribution in [0.1, 0.15) is 24.5 Å². The highest BCUT2D eigenvalue weighted by atomic mass is 15.0. The minimum Gasteiger partial charge on any atom is -0.333 e. The van der Waals surface area contributed by atoms with E-state index in [4.69, 9.17) is 0 Å². The van der Waals surface area contributed by atoms with Crippen LogP contribution in [-0.4, -0.2) is 9.55 Å². The largest absolute Gasteiger partial charge is 0.333 e. The maximum atomic E-state index is 4.03.